The van der Waals surface area contributed by atoms with E-state index in [1.807, 2.05) is 18.2 Å². The van der Waals surface area contributed by atoms with Crippen molar-refractivity contribution >= 4 is 83.5 Å². The van der Waals surface area contributed by atoms with Crippen LogP contribution < -0.4 is 9.64 Å². The van der Waals surface area contributed by atoms with Crippen LogP contribution in [0.3, 0.4) is 0 Å². The number of allylic oxidation sites excluding steroid dienone is 6. The lowest BCUT2D eigenvalue weighted by Crippen LogP contribution is -2.39. The summed E-state index contributed by atoms with van der Waals surface area (Å²) < 4.78 is 7.12. The highest BCUT2D eigenvalue weighted by Crippen LogP contribution is 2.57. The molecule has 4 aliphatic rings. The molecule has 3 aliphatic carbocycles. The number of ketones is 2. The third-order valence-corrected chi connectivity index (χ3v) is 9.78. The van der Waals surface area contributed by atoms with E-state index in [1.165, 1.54) is 18.1 Å². The van der Waals surface area contributed by atoms with E-state index in [2.05, 4.69) is 54.5 Å². The number of carbonyl (C=O) groups excluding carboxylic acids is 4. The average molecular weight is 765 g/mol. The zero-order valence-electron chi connectivity index (χ0n) is 20.4. The lowest BCUT2D eigenvalue weighted by atomic mass is 9.59. The van der Waals surface area contributed by atoms with Gasteiger partial charge in [0.2, 0.25) is 11.8 Å². The summed E-state index contributed by atoms with van der Waals surface area (Å²) in [7, 11) is 1.43. The maximum absolute atomic E-state index is 13.9. The number of methoxy groups -OCH3 is 1. The highest BCUT2D eigenvalue weighted by atomic mass is 127. The first-order valence-corrected chi connectivity index (χ1v) is 14.9. The average Bonchev–Trinajstić information content (AvgIpc) is 3.17. The summed E-state index contributed by atoms with van der Waals surface area (Å²) in [6.07, 6.45) is 3.64. The van der Waals surface area contributed by atoms with Crippen LogP contribution in [0.2, 0.25) is 0 Å². The minimum Gasteiger partial charge on any atom is -0.504 e. The van der Waals surface area contributed by atoms with Gasteiger partial charge in [0.15, 0.2) is 23.1 Å². The topological polar surface area (TPSA) is 101 Å². The molecule has 1 aliphatic heterocycles. The van der Waals surface area contributed by atoms with Crippen molar-refractivity contribution in [2.45, 2.75) is 18.8 Å². The van der Waals surface area contributed by atoms with Crippen molar-refractivity contribution in [2.24, 2.45) is 17.8 Å². The summed E-state index contributed by atoms with van der Waals surface area (Å²) >= 11 is 8.86. The highest BCUT2D eigenvalue weighted by Gasteiger charge is 2.57. The monoisotopic (exact) mass is 763 g/mol. The van der Waals surface area contributed by atoms with Crippen LogP contribution in [0.1, 0.15) is 24.3 Å². The van der Waals surface area contributed by atoms with E-state index in [0.717, 1.165) is 9.14 Å². The molecule has 198 valence electrons. The van der Waals surface area contributed by atoms with Gasteiger partial charge in [0.1, 0.15) is 0 Å². The molecule has 0 saturated carbocycles. The number of carbonyl (C=O) groups is 4. The Labute approximate surface area is 254 Å². The van der Waals surface area contributed by atoms with Gasteiger partial charge in [-0.25, -0.2) is 0 Å². The Morgan fingerprint density at radius 2 is 1.74 bits per heavy atom. The summed E-state index contributed by atoms with van der Waals surface area (Å²) in [5.41, 5.74) is 2.24. The summed E-state index contributed by atoms with van der Waals surface area (Å²) in [5.74, 6) is -3.75. The highest BCUT2D eigenvalue weighted by molar-refractivity contribution is 14.1. The molecule has 39 heavy (non-hydrogen) atoms. The third-order valence-electron chi connectivity index (χ3n) is 8.02. The molecule has 0 spiro atoms. The number of ether oxygens (including phenoxy) is 1. The number of hydrogen-bond donors (Lipinski definition) is 1. The number of phenols is 1. The Morgan fingerprint density at radius 3 is 2.44 bits per heavy atom. The van der Waals surface area contributed by atoms with E-state index in [4.69, 9.17) is 4.74 Å². The maximum Gasteiger partial charge on any atom is 0.238 e. The van der Waals surface area contributed by atoms with E-state index < -0.39 is 23.7 Å². The van der Waals surface area contributed by atoms with Crippen molar-refractivity contribution in [1.29, 1.82) is 0 Å². The molecule has 1 saturated heterocycles. The molecular formula is C29H20Br2INO6. The number of aromatic hydroxyl groups is 1. The minimum atomic E-state index is -0.783. The number of anilines is 1. The molecule has 0 aromatic heterocycles. The normalized spacial score (nSPS) is 26.2. The molecule has 1 fully saturated rings. The van der Waals surface area contributed by atoms with E-state index in [-0.39, 0.29) is 51.4 Å². The molecule has 4 atom stereocenters. The zero-order chi connectivity index (χ0) is 27.7. The Balaban J connectivity index is 1.52. The van der Waals surface area contributed by atoms with Crippen LogP contribution in [0.25, 0.3) is 0 Å². The van der Waals surface area contributed by atoms with E-state index >= 15 is 0 Å². The summed E-state index contributed by atoms with van der Waals surface area (Å²) in [6.45, 7) is 0. The number of Topliss-reactive ketones (excluding diaryl/α,β-unsaturated/α-hetero) is 1. The maximum atomic E-state index is 13.9. The van der Waals surface area contributed by atoms with E-state index in [0.29, 0.717) is 27.7 Å². The van der Waals surface area contributed by atoms with Crippen molar-refractivity contribution in [2.75, 3.05) is 12.0 Å². The predicted molar refractivity (Wildman–Crippen MR) is 159 cm³/mol. The van der Waals surface area contributed by atoms with Crippen molar-refractivity contribution in [3.05, 3.63) is 83.4 Å². The molecule has 2 amide bonds. The fraction of sp³-hybridized carbons (Fsp3) is 0.241. The van der Waals surface area contributed by atoms with Crippen LogP contribution in [0.4, 0.5) is 5.69 Å². The molecule has 0 bridgehead atoms. The van der Waals surface area contributed by atoms with Crippen LogP contribution in [0.5, 0.6) is 11.5 Å². The predicted octanol–water partition coefficient (Wildman–Crippen LogP) is 5.73. The van der Waals surface area contributed by atoms with Crippen LogP contribution in [-0.2, 0) is 19.2 Å². The van der Waals surface area contributed by atoms with Gasteiger partial charge in [0.05, 0.1) is 29.1 Å². The van der Waals surface area contributed by atoms with Gasteiger partial charge in [0.25, 0.3) is 0 Å². The zero-order valence-corrected chi connectivity index (χ0v) is 25.7. The second-order valence-corrected chi connectivity index (χ2v) is 12.9. The molecule has 1 heterocycles. The molecule has 1 N–H and O–H groups in total. The number of hydrogen-bond acceptors (Lipinski definition) is 6. The number of nitrogens with zero attached hydrogens (tertiary/aromatic N) is 1. The van der Waals surface area contributed by atoms with Crippen molar-refractivity contribution in [3.8, 4) is 11.5 Å². The molecule has 2 aromatic rings. The number of fused-ring (bicyclic) bond motifs is 3. The van der Waals surface area contributed by atoms with Crippen molar-refractivity contribution in [1.82, 2.24) is 0 Å². The number of imide groups is 1. The van der Waals surface area contributed by atoms with Crippen molar-refractivity contribution in [3.63, 3.8) is 0 Å². The standard InChI is InChI=1S/C29H20Br2INO6/c1-39-22-9-12(30)8-18(27(22)36)23-15-6-7-16-24(17(15)10-19-25(23)21(34)11-20(31)26(19)35)29(38)33(28(16)37)14-4-2-13(32)3-5-14/h2-6,8-9,11,16-17,23-24,36H,7,10H2,1H3/t16-,17+,23+,24-/m0/s1. The molecular weight excluding hydrogens is 745 g/mol. The lowest BCUT2D eigenvalue weighted by molar-refractivity contribution is -0.123. The first-order valence-electron chi connectivity index (χ1n) is 12.2. The Kier molecular flexibility index (Phi) is 6.70. The summed E-state index contributed by atoms with van der Waals surface area (Å²) in [6, 6.07) is 10.5. The van der Waals surface area contributed by atoms with E-state index in [9.17, 15) is 24.3 Å². The molecule has 10 heteroatoms. The van der Waals surface area contributed by atoms with Crippen LogP contribution in [0, 0.1) is 21.3 Å². The van der Waals surface area contributed by atoms with Crippen LogP contribution in [-0.4, -0.2) is 35.6 Å². The SMILES string of the molecule is COc1cc(Br)cc([C@H]2C3=CC[C@@H]4C(=O)N(c5ccc(I)cc5)C(=O)[C@@H]4[C@@H]3CC3=C2C(=O)C=C(Br)C3=O)c1O. The number of phenolic OH excluding ortho intramolecular Hbond substituents is 1. The van der Waals surface area contributed by atoms with E-state index in [1.54, 1.807) is 24.3 Å². The van der Waals surface area contributed by atoms with Crippen LogP contribution in [0.15, 0.2) is 74.2 Å². The largest absolute Gasteiger partial charge is 0.504 e. The first kappa shape index (κ1) is 26.6. The number of rotatable bonds is 3. The number of amides is 2. The molecule has 0 radical (unpaired) electrons. The third kappa shape index (κ3) is 4.09. The fourth-order valence-electron chi connectivity index (χ4n) is 6.38. The molecule has 7 nitrogen and oxygen atoms in total. The fourth-order valence-corrected chi connectivity index (χ4v) is 7.64. The van der Waals surface area contributed by atoms with Gasteiger partial charge in [-0.05, 0) is 93.7 Å². The minimum absolute atomic E-state index is 0.148. The number of halogens is 3. The van der Waals surface area contributed by atoms with Gasteiger partial charge >= 0.3 is 0 Å². The summed E-state index contributed by atoms with van der Waals surface area (Å²) in [4.78, 5) is 55.5. The van der Waals surface area contributed by atoms with Gasteiger partial charge in [0, 0.05) is 36.7 Å². The van der Waals surface area contributed by atoms with Gasteiger partial charge in [-0.1, -0.05) is 27.6 Å². The summed E-state index contributed by atoms with van der Waals surface area (Å²) in [5, 5.41) is 11.2. The van der Waals surface area contributed by atoms with Gasteiger partial charge < -0.3 is 9.84 Å². The second-order valence-electron chi connectivity index (χ2n) is 9.93. The molecule has 6 rings (SSSR count). The smallest absolute Gasteiger partial charge is 0.238 e. The molecule has 0 unspecified atom stereocenters. The first-order chi connectivity index (χ1) is 18.6. The van der Waals surface area contributed by atoms with Gasteiger partial charge in [-0.3, -0.25) is 24.1 Å². The quantitative estimate of drug-likeness (QED) is 0.186. The lowest BCUT2D eigenvalue weighted by Gasteiger charge is -2.42. The van der Waals surface area contributed by atoms with Gasteiger partial charge in [-0.15, -0.1) is 0 Å². The van der Waals surface area contributed by atoms with Crippen molar-refractivity contribution < 1.29 is 29.0 Å². The van der Waals surface area contributed by atoms with Gasteiger partial charge in [-0.2, -0.15) is 0 Å². The Morgan fingerprint density at radius 1 is 1.03 bits per heavy atom. The number of benzene rings is 2. The Hall–Kier alpha value is -2.57. The molecule has 2 aromatic carbocycles. The Bertz CT molecular complexity index is 1590. The van der Waals surface area contributed by atoms with Crippen LogP contribution >= 0.6 is 54.5 Å². The second kappa shape index (κ2) is 9.81.